The predicted octanol–water partition coefficient (Wildman–Crippen LogP) is 4.17. The maximum Gasteiger partial charge on any atom is 0.422 e. The van der Waals surface area contributed by atoms with Crippen LogP contribution in [0.4, 0.5) is 26.3 Å². The lowest BCUT2D eigenvalue weighted by molar-refractivity contribution is -0.268. The van der Waals surface area contributed by atoms with E-state index in [0.717, 1.165) is 19.3 Å². The van der Waals surface area contributed by atoms with Gasteiger partial charge in [0.25, 0.3) is 0 Å². The minimum atomic E-state index is -5.10. The van der Waals surface area contributed by atoms with E-state index >= 15 is 0 Å². The average molecular weight is 392 g/mol. The Bertz CT molecular complexity index is 506. The van der Waals surface area contributed by atoms with Crippen molar-refractivity contribution in [1.82, 2.24) is 0 Å². The summed E-state index contributed by atoms with van der Waals surface area (Å²) < 4.78 is 92.5. The number of hydrogen-bond donors (Lipinski definition) is 0. The maximum atomic E-state index is 13.5. The Morgan fingerprint density at radius 1 is 1.04 bits per heavy atom. The summed E-state index contributed by atoms with van der Waals surface area (Å²) in [6.45, 7) is 0.00185. The average Bonchev–Trinajstić information content (AvgIpc) is 2.51. The highest BCUT2D eigenvalue weighted by Gasteiger charge is 2.60. The molecule has 1 aliphatic carbocycles. The SMILES string of the molecule is CC1OC2CCCCC2OC1CC(C)(C(=O)OCC(F)(F)F)C(F)(F)F. The van der Waals surface area contributed by atoms with E-state index in [-0.39, 0.29) is 12.2 Å². The largest absolute Gasteiger partial charge is 0.455 e. The smallest absolute Gasteiger partial charge is 0.422 e. The van der Waals surface area contributed by atoms with Gasteiger partial charge in [0.05, 0.1) is 24.4 Å². The number of fused-ring (bicyclic) bond motifs is 1. The van der Waals surface area contributed by atoms with Crippen LogP contribution in [0.1, 0.15) is 46.0 Å². The lowest BCUT2D eigenvalue weighted by Gasteiger charge is -2.45. The molecule has 4 nitrogen and oxygen atoms in total. The molecule has 26 heavy (non-hydrogen) atoms. The number of alkyl halides is 6. The second-order valence-electron chi connectivity index (χ2n) is 7.10. The molecule has 0 amide bonds. The van der Waals surface area contributed by atoms with Crippen LogP contribution in [0.25, 0.3) is 0 Å². The Balaban J connectivity index is 2.12. The molecule has 1 saturated carbocycles. The van der Waals surface area contributed by atoms with E-state index in [0.29, 0.717) is 13.3 Å². The molecule has 0 bridgehead atoms. The van der Waals surface area contributed by atoms with Crippen LogP contribution in [0.3, 0.4) is 0 Å². The van der Waals surface area contributed by atoms with Crippen molar-refractivity contribution in [2.24, 2.45) is 5.41 Å². The van der Waals surface area contributed by atoms with Gasteiger partial charge in [-0.2, -0.15) is 26.3 Å². The maximum absolute atomic E-state index is 13.5. The summed E-state index contributed by atoms with van der Waals surface area (Å²) in [7, 11) is 0. The molecule has 10 heteroatoms. The molecular formula is C16H22F6O4. The summed E-state index contributed by atoms with van der Waals surface area (Å²) in [4.78, 5) is 11.9. The lowest BCUT2D eigenvalue weighted by Crippen LogP contribution is -2.54. The second kappa shape index (κ2) is 7.53. The fourth-order valence-corrected chi connectivity index (χ4v) is 3.31. The molecule has 0 aromatic heterocycles. The predicted molar refractivity (Wildman–Crippen MR) is 77.3 cm³/mol. The van der Waals surface area contributed by atoms with Crippen LogP contribution in [0.5, 0.6) is 0 Å². The van der Waals surface area contributed by atoms with Gasteiger partial charge < -0.3 is 14.2 Å². The van der Waals surface area contributed by atoms with Crippen molar-refractivity contribution in [3.05, 3.63) is 0 Å². The molecule has 0 aromatic rings. The Kier molecular flexibility index (Phi) is 6.16. The fraction of sp³-hybridized carbons (Fsp3) is 0.938. The van der Waals surface area contributed by atoms with Crippen LogP contribution < -0.4 is 0 Å². The van der Waals surface area contributed by atoms with Crippen LogP contribution in [-0.2, 0) is 19.0 Å². The topological polar surface area (TPSA) is 44.8 Å². The van der Waals surface area contributed by atoms with Crippen LogP contribution in [0.15, 0.2) is 0 Å². The first kappa shape index (κ1) is 21.3. The summed E-state index contributed by atoms with van der Waals surface area (Å²) >= 11 is 0. The molecular weight excluding hydrogens is 370 g/mol. The van der Waals surface area contributed by atoms with Gasteiger partial charge in [-0.3, -0.25) is 4.79 Å². The summed E-state index contributed by atoms with van der Waals surface area (Å²) in [5, 5.41) is 0. The third-order valence-electron chi connectivity index (χ3n) is 4.96. The van der Waals surface area contributed by atoms with E-state index in [1.807, 2.05) is 0 Å². The zero-order valence-electron chi connectivity index (χ0n) is 14.5. The Hall–Kier alpha value is -1.03. The molecule has 0 spiro atoms. The van der Waals surface area contributed by atoms with Crippen molar-refractivity contribution < 1.29 is 45.3 Å². The molecule has 2 rings (SSSR count). The third-order valence-corrected chi connectivity index (χ3v) is 4.96. The zero-order valence-corrected chi connectivity index (χ0v) is 14.5. The van der Waals surface area contributed by atoms with Gasteiger partial charge in [-0.1, -0.05) is 12.8 Å². The standard InChI is InChI=1S/C16H22F6O4/c1-9-12(26-11-6-4-3-5-10(11)25-9)7-14(2,16(20,21)22)13(23)24-8-15(17,18)19/h9-12H,3-8H2,1-2H3. The molecule has 1 heterocycles. The van der Waals surface area contributed by atoms with Gasteiger partial charge in [-0.15, -0.1) is 0 Å². The highest BCUT2D eigenvalue weighted by atomic mass is 19.4. The van der Waals surface area contributed by atoms with Crippen molar-refractivity contribution in [3.63, 3.8) is 0 Å². The quantitative estimate of drug-likeness (QED) is 0.532. The van der Waals surface area contributed by atoms with Gasteiger partial charge >= 0.3 is 18.3 Å². The highest BCUT2D eigenvalue weighted by molar-refractivity contribution is 5.77. The van der Waals surface area contributed by atoms with Gasteiger partial charge in [0.2, 0.25) is 0 Å². The van der Waals surface area contributed by atoms with E-state index in [1.54, 1.807) is 0 Å². The number of carbonyl (C=O) groups is 1. The normalized spacial score (nSPS) is 32.5. The van der Waals surface area contributed by atoms with E-state index in [2.05, 4.69) is 4.74 Å². The van der Waals surface area contributed by atoms with Gasteiger partial charge in [0.15, 0.2) is 12.0 Å². The number of halogens is 6. The molecule has 1 aliphatic heterocycles. The molecule has 2 fully saturated rings. The van der Waals surface area contributed by atoms with Crippen molar-refractivity contribution in [2.45, 2.75) is 82.7 Å². The first-order chi connectivity index (χ1) is 11.8. The van der Waals surface area contributed by atoms with E-state index in [1.165, 1.54) is 6.92 Å². The molecule has 0 aromatic carbocycles. The van der Waals surface area contributed by atoms with E-state index in [4.69, 9.17) is 9.47 Å². The van der Waals surface area contributed by atoms with Crippen LogP contribution >= 0.6 is 0 Å². The summed E-state index contributed by atoms with van der Waals surface area (Å²) in [5.74, 6) is -1.97. The molecule has 2 aliphatic rings. The minimum absolute atomic E-state index is 0.204. The first-order valence-corrected chi connectivity index (χ1v) is 8.45. The molecule has 0 N–H and O–H groups in total. The highest BCUT2D eigenvalue weighted by Crippen LogP contribution is 2.45. The molecule has 5 unspecified atom stereocenters. The number of hydrogen-bond acceptors (Lipinski definition) is 4. The van der Waals surface area contributed by atoms with Crippen LogP contribution in [0.2, 0.25) is 0 Å². The van der Waals surface area contributed by atoms with Gasteiger partial charge in [0, 0.05) is 6.42 Å². The summed E-state index contributed by atoms with van der Waals surface area (Å²) in [5.41, 5.74) is -3.12. The third kappa shape index (κ3) is 4.82. The van der Waals surface area contributed by atoms with Gasteiger partial charge in [-0.25, -0.2) is 0 Å². The van der Waals surface area contributed by atoms with E-state index < -0.39 is 49.0 Å². The molecule has 0 radical (unpaired) electrons. The van der Waals surface area contributed by atoms with Crippen molar-refractivity contribution in [2.75, 3.05) is 6.61 Å². The van der Waals surface area contributed by atoms with Crippen molar-refractivity contribution >= 4 is 5.97 Å². The van der Waals surface area contributed by atoms with E-state index in [9.17, 15) is 31.1 Å². The Morgan fingerprint density at radius 2 is 1.58 bits per heavy atom. The number of carbonyl (C=O) groups excluding carboxylic acids is 1. The number of ether oxygens (including phenoxy) is 3. The van der Waals surface area contributed by atoms with Crippen LogP contribution in [0, 0.1) is 5.41 Å². The zero-order chi connectivity index (χ0) is 19.8. The Morgan fingerprint density at radius 3 is 2.08 bits per heavy atom. The monoisotopic (exact) mass is 392 g/mol. The van der Waals surface area contributed by atoms with Crippen molar-refractivity contribution in [1.29, 1.82) is 0 Å². The lowest BCUT2D eigenvalue weighted by atomic mass is 9.81. The van der Waals surface area contributed by atoms with Crippen molar-refractivity contribution in [3.8, 4) is 0 Å². The van der Waals surface area contributed by atoms with Crippen LogP contribution in [-0.4, -0.2) is 49.3 Å². The molecule has 152 valence electrons. The molecule has 1 saturated heterocycles. The summed E-state index contributed by atoms with van der Waals surface area (Å²) in [6.07, 6.45) is -10.1. The van der Waals surface area contributed by atoms with Gasteiger partial charge in [-0.05, 0) is 26.7 Å². The van der Waals surface area contributed by atoms with Gasteiger partial charge in [0.1, 0.15) is 0 Å². The summed E-state index contributed by atoms with van der Waals surface area (Å²) in [6, 6.07) is 0. The second-order valence-corrected chi connectivity index (χ2v) is 7.10. The first-order valence-electron chi connectivity index (χ1n) is 8.45. The number of rotatable bonds is 4. The minimum Gasteiger partial charge on any atom is -0.455 e. The Labute approximate surface area is 147 Å². The molecule has 5 atom stereocenters. The number of esters is 1. The fourth-order valence-electron chi connectivity index (χ4n) is 3.31.